The van der Waals surface area contributed by atoms with Gasteiger partial charge in [0.15, 0.2) is 0 Å². The lowest BCUT2D eigenvalue weighted by molar-refractivity contribution is 0.0230. The molecule has 0 bridgehead atoms. The topological polar surface area (TPSA) is 32.8 Å². The van der Waals surface area contributed by atoms with Gasteiger partial charge in [-0.2, -0.15) is 0 Å². The van der Waals surface area contributed by atoms with Gasteiger partial charge >= 0.3 is 0 Å². The summed E-state index contributed by atoms with van der Waals surface area (Å²) < 4.78 is 11.7. The van der Waals surface area contributed by atoms with Crippen LogP contribution in [-0.2, 0) is 26.2 Å². The molecule has 1 saturated carbocycles. The average Bonchev–Trinajstić information content (AvgIpc) is 3.58. The van der Waals surface area contributed by atoms with Crippen LogP contribution in [0.3, 0.4) is 0 Å². The fourth-order valence-electron chi connectivity index (χ4n) is 6.01. The quantitative estimate of drug-likeness (QED) is 0.338. The Morgan fingerprint density at radius 3 is 1.50 bits per heavy atom. The zero-order valence-electron chi connectivity index (χ0n) is 19.6. The van der Waals surface area contributed by atoms with Crippen LogP contribution in [0, 0.1) is 0 Å². The van der Waals surface area contributed by atoms with E-state index < -0.39 is 0 Å². The molecule has 2 aliphatic rings. The molecule has 4 nitrogen and oxygen atoms in total. The van der Waals surface area contributed by atoms with Crippen molar-refractivity contribution in [3.05, 3.63) is 108 Å². The number of benzene rings is 2. The van der Waals surface area contributed by atoms with Gasteiger partial charge in [-0.3, -0.25) is 9.80 Å². The van der Waals surface area contributed by atoms with Crippen LogP contribution in [0.5, 0.6) is 0 Å². The summed E-state index contributed by atoms with van der Waals surface area (Å²) in [5.74, 6) is 2.08. The van der Waals surface area contributed by atoms with Gasteiger partial charge in [0.2, 0.25) is 0 Å². The van der Waals surface area contributed by atoms with Crippen molar-refractivity contribution in [1.82, 2.24) is 9.80 Å². The van der Waals surface area contributed by atoms with Crippen molar-refractivity contribution in [2.24, 2.45) is 0 Å². The molecule has 2 aromatic heterocycles. The summed E-state index contributed by atoms with van der Waals surface area (Å²) in [6.07, 6.45) is 8.57. The molecule has 1 fully saturated rings. The summed E-state index contributed by atoms with van der Waals surface area (Å²) in [6, 6.07) is 27.0. The van der Waals surface area contributed by atoms with Crippen LogP contribution in [-0.4, -0.2) is 21.9 Å². The second-order valence-corrected chi connectivity index (χ2v) is 9.70. The van der Waals surface area contributed by atoms with Gasteiger partial charge in [-0.05, 0) is 59.4 Å². The predicted octanol–water partition coefficient (Wildman–Crippen LogP) is 6.87. The summed E-state index contributed by atoms with van der Waals surface area (Å²) in [5, 5.41) is 0. The third kappa shape index (κ3) is 4.36. The van der Waals surface area contributed by atoms with E-state index >= 15 is 0 Å². The van der Waals surface area contributed by atoms with E-state index in [9.17, 15) is 0 Å². The van der Waals surface area contributed by atoms with Gasteiger partial charge in [-0.15, -0.1) is 0 Å². The van der Waals surface area contributed by atoms with Gasteiger partial charge in [0.25, 0.3) is 0 Å². The largest absolute Gasteiger partial charge is 0.468 e. The van der Waals surface area contributed by atoms with Crippen molar-refractivity contribution in [3.8, 4) is 11.1 Å². The Kier molecular flexibility index (Phi) is 6.09. The molecule has 0 saturated heterocycles. The molecule has 1 aliphatic carbocycles. The lowest BCUT2D eigenvalue weighted by Gasteiger charge is -2.46. The Balaban J connectivity index is 1.47. The molecular weight excluding hydrogens is 420 g/mol. The molecule has 0 N–H and O–H groups in total. The number of fused-ring (bicyclic) bond motifs is 4. The predicted molar refractivity (Wildman–Crippen MR) is 134 cm³/mol. The maximum absolute atomic E-state index is 5.83. The fourth-order valence-corrected chi connectivity index (χ4v) is 6.01. The van der Waals surface area contributed by atoms with Crippen LogP contribution < -0.4 is 0 Å². The Labute approximate surface area is 201 Å². The molecule has 3 heterocycles. The monoisotopic (exact) mass is 452 g/mol. The van der Waals surface area contributed by atoms with Crippen LogP contribution in [0.15, 0.2) is 94.2 Å². The molecule has 0 amide bonds. The Bertz CT molecular complexity index is 1100. The third-order valence-corrected chi connectivity index (χ3v) is 7.58. The fraction of sp³-hybridized carbons (Fsp3) is 0.333. The first-order valence-corrected chi connectivity index (χ1v) is 12.5. The Morgan fingerprint density at radius 1 is 0.588 bits per heavy atom. The smallest absolute Gasteiger partial charge is 0.117 e. The number of nitrogens with zero attached hydrogens (tertiary/aromatic N) is 2. The maximum atomic E-state index is 5.83. The average molecular weight is 453 g/mol. The van der Waals surface area contributed by atoms with Gasteiger partial charge in [0.1, 0.15) is 11.5 Å². The molecule has 0 radical (unpaired) electrons. The zero-order valence-corrected chi connectivity index (χ0v) is 19.6. The molecule has 6 rings (SSSR count). The lowest BCUT2D eigenvalue weighted by atomic mass is 9.85. The number of hydrogen-bond acceptors (Lipinski definition) is 4. The molecule has 2 atom stereocenters. The molecule has 1 aliphatic heterocycles. The first-order valence-electron chi connectivity index (χ1n) is 12.5. The van der Waals surface area contributed by atoms with Crippen molar-refractivity contribution in [2.75, 3.05) is 0 Å². The molecule has 4 heteroatoms. The van der Waals surface area contributed by atoms with Crippen LogP contribution in [0.4, 0.5) is 0 Å². The van der Waals surface area contributed by atoms with Crippen LogP contribution in [0.1, 0.15) is 48.3 Å². The zero-order chi connectivity index (χ0) is 22.7. The number of furan rings is 2. The molecule has 0 spiro atoms. The third-order valence-electron chi connectivity index (χ3n) is 7.58. The molecular formula is C30H32N2O2. The van der Waals surface area contributed by atoms with Gasteiger partial charge < -0.3 is 8.83 Å². The van der Waals surface area contributed by atoms with Crippen molar-refractivity contribution >= 4 is 0 Å². The summed E-state index contributed by atoms with van der Waals surface area (Å²) in [5.41, 5.74) is 5.47. The summed E-state index contributed by atoms with van der Waals surface area (Å²) in [7, 11) is 0. The van der Waals surface area contributed by atoms with Crippen LogP contribution in [0.25, 0.3) is 11.1 Å². The van der Waals surface area contributed by atoms with Crippen molar-refractivity contribution in [3.63, 3.8) is 0 Å². The first-order chi connectivity index (χ1) is 16.8. The van der Waals surface area contributed by atoms with Gasteiger partial charge in [-0.25, -0.2) is 0 Å². The van der Waals surface area contributed by atoms with E-state index in [1.54, 1.807) is 12.5 Å². The lowest BCUT2D eigenvalue weighted by Crippen LogP contribution is -2.52. The van der Waals surface area contributed by atoms with E-state index in [2.05, 4.69) is 70.5 Å². The summed E-state index contributed by atoms with van der Waals surface area (Å²) >= 11 is 0. The molecule has 0 unspecified atom stereocenters. The minimum absolute atomic E-state index is 0.465. The van der Waals surface area contributed by atoms with Crippen molar-refractivity contribution in [2.45, 2.75) is 63.9 Å². The van der Waals surface area contributed by atoms with Crippen molar-refractivity contribution in [1.29, 1.82) is 0 Å². The van der Waals surface area contributed by atoms with E-state index in [1.165, 1.54) is 47.9 Å². The van der Waals surface area contributed by atoms with E-state index in [4.69, 9.17) is 8.83 Å². The van der Waals surface area contributed by atoms with Crippen molar-refractivity contribution < 1.29 is 8.83 Å². The highest BCUT2D eigenvalue weighted by Gasteiger charge is 2.36. The van der Waals surface area contributed by atoms with Crippen LogP contribution in [0.2, 0.25) is 0 Å². The Morgan fingerprint density at radius 2 is 1.06 bits per heavy atom. The number of rotatable bonds is 4. The van der Waals surface area contributed by atoms with Crippen LogP contribution >= 0.6 is 0 Å². The van der Waals surface area contributed by atoms with E-state index in [0.717, 1.165) is 37.7 Å². The highest BCUT2D eigenvalue weighted by molar-refractivity contribution is 5.70. The minimum atomic E-state index is 0.465. The molecule has 174 valence electrons. The Hall–Kier alpha value is -3.08. The van der Waals surface area contributed by atoms with E-state index in [0.29, 0.717) is 12.1 Å². The van der Waals surface area contributed by atoms with E-state index in [-0.39, 0.29) is 0 Å². The highest BCUT2D eigenvalue weighted by atomic mass is 16.3. The standard InChI is InChI=1S/C30H32N2O2/c1-3-13-27-23(9-1)19-31(21-25-11-7-17-33-25)29-15-5-6-16-30(29)32(22-26-12-8-18-34-26)20-24-10-2-4-14-28(24)27/h1-4,7-14,17-18,29-30H,5-6,15-16,19-22H2/t29-,30-/m1/s1. The normalized spacial score (nSPS) is 21.4. The molecule has 34 heavy (non-hydrogen) atoms. The van der Waals surface area contributed by atoms with Gasteiger partial charge in [0, 0.05) is 25.2 Å². The summed E-state index contributed by atoms with van der Waals surface area (Å²) in [6.45, 7) is 3.50. The minimum Gasteiger partial charge on any atom is -0.468 e. The maximum Gasteiger partial charge on any atom is 0.117 e. The summed E-state index contributed by atoms with van der Waals surface area (Å²) in [4.78, 5) is 5.34. The second-order valence-electron chi connectivity index (χ2n) is 9.70. The van der Waals surface area contributed by atoms with Gasteiger partial charge in [-0.1, -0.05) is 61.4 Å². The van der Waals surface area contributed by atoms with Gasteiger partial charge in [0.05, 0.1) is 25.6 Å². The number of hydrogen-bond donors (Lipinski definition) is 0. The van der Waals surface area contributed by atoms with E-state index in [1.807, 2.05) is 12.1 Å². The highest BCUT2D eigenvalue weighted by Crippen LogP contribution is 2.36. The second kappa shape index (κ2) is 9.65. The molecule has 4 aromatic rings. The first kappa shape index (κ1) is 21.5. The SMILES string of the molecule is c1coc(CN2Cc3ccccc3-c3ccccc3CN(Cc3ccco3)[C@@H]3CCCC[C@H]32)c1. The molecule has 2 aromatic carbocycles.